The second-order valence-electron chi connectivity index (χ2n) is 16.1. The van der Waals surface area contributed by atoms with Crippen molar-refractivity contribution in [1.29, 1.82) is 0 Å². The third kappa shape index (κ3) is 15.7. The van der Waals surface area contributed by atoms with Crippen LogP contribution in [0.3, 0.4) is 0 Å². The van der Waals surface area contributed by atoms with Gasteiger partial charge in [0.25, 0.3) is 0 Å². The van der Waals surface area contributed by atoms with Crippen LogP contribution < -0.4 is 48.0 Å². The lowest BCUT2D eigenvalue weighted by atomic mass is 9.97. The van der Waals surface area contributed by atoms with Crippen LogP contribution in [0.15, 0.2) is 12.4 Å². The Balaban J connectivity index is 1.20. The van der Waals surface area contributed by atoms with Crippen LogP contribution >= 0.6 is 0 Å². The molecule has 362 valence electrons. The van der Waals surface area contributed by atoms with Gasteiger partial charge in [0.05, 0.1) is 57.5 Å². The summed E-state index contributed by atoms with van der Waals surface area (Å²) in [4.78, 5) is 56.1. The molecule has 0 spiro atoms. The first-order valence-electron chi connectivity index (χ1n) is 22.8. The van der Waals surface area contributed by atoms with Gasteiger partial charge in [0.15, 0.2) is 0 Å². The highest BCUT2D eigenvalue weighted by atomic mass is 16.5. The Bertz CT molecular complexity index is 2050. The van der Waals surface area contributed by atoms with Crippen LogP contribution in [0.4, 0.5) is 17.8 Å². The van der Waals surface area contributed by atoms with Crippen molar-refractivity contribution in [3.8, 4) is 12.3 Å². The van der Waals surface area contributed by atoms with Gasteiger partial charge in [0.1, 0.15) is 18.7 Å². The van der Waals surface area contributed by atoms with Crippen molar-refractivity contribution in [2.45, 2.75) is 65.0 Å². The summed E-state index contributed by atoms with van der Waals surface area (Å²) in [7, 11) is 0. The molecule has 0 radical (unpaired) electrons. The van der Waals surface area contributed by atoms with Gasteiger partial charge in [0, 0.05) is 71.3 Å². The zero-order valence-electron chi connectivity index (χ0n) is 38.7. The number of terminal acetylenes is 1. The first-order chi connectivity index (χ1) is 32.0. The quantitative estimate of drug-likeness (QED) is 0.0162. The number of guanidine groups is 2. The number of ether oxygens (including phenoxy) is 3. The average molecular weight is 923 g/mol. The fraction of sp³-hybridized carbons (Fsp3) is 0.683. The van der Waals surface area contributed by atoms with E-state index in [1.165, 1.54) is 0 Å². The van der Waals surface area contributed by atoms with Crippen molar-refractivity contribution >= 4 is 41.6 Å². The summed E-state index contributed by atoms with van der Waals surface area (Å²) in [5.74, 6) is 4.14. The second-order valence-corrected chi connectivity index (χ2v) is 16.1. The van der Waals surface area contributed by atoms with E-state index in [0.717, 1.165) is 30.7 Å². The minimum absolute atomic E-state index is 0.000629. The van der Waals surface area contributed by atoms with Crippen LogP contribution in [0.2, 0.25) is 0 Å². The molecule has 3 aromatic rings. The minimum atomic E-state index is -0.529. The topological polar surface area (TPSA) is 319 Å². The first-order valence-corrected chi connectivity index (χ1v) is 22.8. The number of aryl methyl sites for hydroxylation is 2. The summed E-state index contributed by atoms with van der Waals surface area (Å²) in [5.41, 5.74) is 23.6. The largest absolute Gasteiger partial charge is 0.377 e. The number of carbonyl (C=O) groups excluding carboxylic acids is 2. The lowest BCUT2D eigenvalue weighted by molar-refractivity contribution is -0.460. The van der Waals surface area contributed by atoms with E-state index in [1.54, 1.807) is 9.36 Å². The molecule has 2 saturated heterocycles. The highest BCUT2D eigenvalue weighted by Gasteiger charge is 2.34. The van der Waals surface area contributed by atoms with Crippen molar-refractivity contribution in [3.63, 3.8) is 0 Å². The SMILES string of the molecule is C#CCOCCOCCOCCNc1nc(N2CCN(C(=O)[C@H]([C@@H](C)CC)n3cc(CCC[NH+]=C(N)N)nn3)CC2)nc(N2CCN(C(=O)[C@H](C)n3cc(CCC[NH+]=C(N)N)nn3)CC2)n1. The maximum Gasteiger partial charge on any atom is 0.338 e. The molecule has 2 aliphatic heterocycles. The van der Waals surface area contributed by atoms with Gasteiger partial charge in [-0.15, -0.1) is 16.6 Å². The fourth-order valence-electron chi connectivity index (χ4n) is 7.37. The molecule has 25 heteroatoms. The summed E-state index contributed by atoms with van der Waals surface area (Å²) in [5, 5.41) is 20.5. The van der Waals surface area contributed by atoms with Gasteiger partial charge < -0.3 is 39.1 Å². The average Bonchev–Trinajstić information content (AvgIpc) is 4.00. The maximum atomic E-state index is 14.2. The van der Waals surface area contributed by atoms with E-state index < -0.39 is 12.1 Å². The Morgan fingerprint density at radius 1 is 0.727 bits per heavy atom. The van der Waals surface area contributed by atoms with Gasteiger partial charge in [0.2, 0.25) is 29.7 Å². The zero-order valence-corrected chi connectivity index (χ0v) is 38.7. The van der Waals surface area contributed by atoms with Crippen LogP contribution in [0.1, 0.15) is 63.5 Å². The van der Waals surface area contributed by atoms with E-state index in [9.17, 15) is 9.59 Å². The van der Waals surface area contributed by atoms with Crippen LogP contribution in [0, 0.1) is 18.3 Å². The first kappa shape index (κ1) is 50.6. The molecule has 3 atom stereocenters. The van der Waals surface area contributed by atoms with Crippen LogP contribution in [-0.2, 0) is 36.6 Å². The normalized spacial score (nSPS) is 15.5. The van der Waals surface area contributed by atoms with Gasteiger partial charge >= 0.3 is 11.9 Å². The lowest BCUT2D eigenvalue weighted by Crippen LogP contribution is -2.78. The van der Waals surface area contributed by atoms with E-state index >= 15 is 0 Å². The number of carbonyl (C=O) groups is 2. The van der Waals surface area contributed by atoms with Gasteiger partial charge in [-0.25, -0.2) is 9.36 Å². The molecule has 0 aromatic carbocycles. The second kappa shape index (κ2) is 26.5. The summed E-state index contributed by atoms with van der Waals surface area (Å²) in [6.07, 6.45) is 12.5. The summed E-state index contributed by atoms with van der Waals surface area (Å²) in [6.45, 7) is 13.9. The van der Waals surface area contributed by atoms with E-state index in [-0.39, 0.29) is 36.3 Å². The van der Waals surface area contributed by atoms with Crippen LogP contribution in [-0.4, -0.2) is 190 Å². The Labute approximate surface area is 386 Å². The molecule has 0 bridgehead atoms. The van der Waals surface area contributed by atoms with Gasteiger partial charge in [-0.2, -0.15) is 15.0 Å². The van der Waals surface area contributed by atoms with Crippen molar-refractivity contribution in [1.82, 2.24) is 54.7 Å². The number of nitrogens with zero attached hydrogens (tertiary/aromatic N) is 13. The van der Waals surface area contributed by atoms with Crippen LogP contribution in [0.25, 0.3) is 0 Å². The number of anilines is 3. The van der Waals surface area contributed by atoms with Gasteiger partial charge in [-0.1, -0.05) is 36.6 Å². The molecule has 66 heavy (non-hydrogen) atoms. The van der Waals surface area contributed by atoms with E-state index in [4.69, 9.17) is 58.5 Å². The third-order valence-corrected chi connectivity index (χ3v) is 11.3. The van der Waals surface area contributed by atoms with E-state index in [1.807, 2.05) is 29.1 Å². The minimum Gasteiger partial charge on any atom is -0.377 e. The number of hydrogen-bond acceptors (Lipinski definition) is 15. The lowest BCUT2D eigenvalue weighted by Gasteiger charge is -2.38. The van der Waals surface area contributed by atoms with Crippen molar-refractivity contribution < 1.29 is 33.8 Å². The van der Waals surface area contributed by atoms with Crippen LogP contribution in [0.5, 0.6) is 0 Å². The molecule has 11 N–H and O–H groups in total. The highest BCUT2D eigenvalue weighted by molar-refractivity contribution is 5.81. The van der Waals surface area contributed by atoms with Crippen molar-refractivity contribution in [2.75, 3.05) is 127 Å². The zero-order chi connectivity index (χ0) is 47.3. The van der Waals surface area contributed by atoms with Gasteiger partial charge in [-0.3, -0.25) is 42.5 Å². The summed E-state index contributed by atoms with van der Waals surface area (Å²) < 4.78 is 19.8. The number of nitrogens with two attached hydrogens (primary N) is 4. The van der Waals surface area contributed by atoms with Crippen molar-refractivity contribution in [2.24, 2.45) is 28.9 Å². The number of hydrogen-bond donors (Lipinski definition) is 7. The molecule has 5 rings (SSSR count). The summed E-state index contributed by atoms with van der Waals surface area (Å²) >= 11 is 0. The number of aromatic nitrogens is 9. The van der Waals surface area contributed by atoms with E-state index in [0.29, 0.717) is 136 Å². The smallest absolute Gasteiger partial charge is 0.338 e. The predicted molar refractivity (Wildman–Crippen MR) is 246 cm³/mol. The molecule has 2 aliphatic rings. The summed E-state index contributed by atoms with van der Waals surface area (Å²) in [6, 6.07) is -1.02. The number of piperazine rings is 2. The Hall–Kier alpha value is -6.39. The Morgan fingerprint density at radius 3 is 1.76 bits per heavy atom. The van der Waals surface area contributed by atoms with Crippen molar-refractivity contribution in [3.05, 3.63) is 23.8 Å². The Morgan fingerprint density at radius 2 is 1.23 bits per heavy atom. The molecule has 2 fully saturated rings. The monoisotopic (exact) mass is 923 g/mol. The number of nitrogens with one attached hydrogen (secondary N) is 3. The molecule has 0 unspecified atom stereocenters. The molecule has 2 amide bonds. The molecule has 0 aliphatic carbocycles. The van der Waals surface area contributed by atoms with Gasteiger partial charge in [-0.05, 0) is 38.5 Å². The fourth-order valence-corrected chi connectivity index (χ4v) is 7.37. The number of rotatable bonds is 27. The number of amides is 2. The molecule has 0 saturated carbocycles. The third-order valence-electron chi connectivity index (χ3n) is 11.3. The molecular weight excluding hydrogens is 853 g/mol. The Kier molecular flexibility index (Phi) is 20.4. The standard InChI is InChI=1S/C41H68N20O5/c1-5-22-64-24-26-66-27-25-65-23-13-48-39-49-40(58-18-14-56(15-19-58)35(62)31(4)60-28-32(52-54-60)9-7-11-46-37(42)43)51-41(50-39)59-20-16-57(17-21-59)36(63)34(30(3)6-2)61-29-33(53-55-61)10-8-12-47-38(44)45/h1,28-31,34H,6-27H2,2-4H3,(H4,42,43,46)(H4,44,45,47)(H,48,49,50,51)/p+2/t30-,31-,34-/m0/s1. The highest BCUT2D eigenvalue weighted by Crippen LogP contribution is 2.26. The molecular formula is C41H70N20O5+2. The maximum absolute atomic E-state index is 14.2. The molecule has 3 aromatic heterocycles. The molecule has 25 nitrogen and oxygen atoms in total. The van der Waals surface area contributed by atoms with E-state index in [2.05, 4.69) is 65.5 Å². The molecule has 5 heterocycles. The predicted octanol–water partition coefficient (Wildman–Crippen LogP) is -5.43.